The second-order valence-electron chi connectivity index (χ2n) is 5.13. The Kier molecular flexibility index (Phi) is 3.54. The first-order valence-electron chi connectivity index (χ1n) is 6.90. The van der Waals surface area contributed by atoms with Crippen molar-refractivity contribution >= 4 is 29.2 Å². The number of amides is 2. The number of ether oxygens (including phenoxy) is 1. The minimum Gasteiger partial charge on any atom is -0.434 e. The third-order valence-electron chi connectivity index (χ3n) is 3.66. The first kappa shape index (κ1) is 14.1. The fourth-order valence-electron chi connectivity index (χ4n) is 2.42. The molecule has 1 fully saturated rings. The zero-order valence-corrected chi connectivity index (χ0v) is 11.8. The number of hydrogen-bond acceptors (Lipinski definition) is 5. The van der Waals surface area contributed by atoms with Crippen LogP contribution in [0.2, 0.25) is 0 Å². The number of anilines is 2. The van der Waals surface area contributed by atoms with Crippen molar-refractivity contribution < 1.29 is 19.1 Å². The minimum atomic E-state index is -0.914. The van der Waals surface area contributed by atoms with Gasteiger partial charge in [-0.05, 0) is 30.3 Å². The molecule has 2 heterocycles. The van der Waals surface area contributed by atoms with Crippen LogP contribution in [0.4, 0.5) is 16.2 Å². The van der Waals surface area contributed by atoms with Gasteiger partial charge in [0.15, 0.2) is 11.9 Å². The van der Waals surface area contributed by atoms with Gasteiger partial charge in [0.05, 0.1) is 6.54 Å². The zero-order valence-electron chi connectivity index (χ0n) is 11.8. The van der Waals surface area contributed by atoms with Gasteiger partial charge in [0.25, 0.3) is 5.91 Å². The van der Waals surface area contributed by atoms with Crippen LogP contribution >= 0.6 is 0 Å². The smallest absolute Gasteiger partial charge is 0.415 e. The van der Waals surface area contributed by atoms with E-state index in [1.807, 2.05) is 17.0 Å². The molecule has 114 valence electrons. The number of rotatable bonds is 3. The van der Waals surface area contributed by atoms with Crippen LogP contribution in [-0.2, 0) is 14.3 Å². The molecule has 1 atom stereocenters. The van der Waals surface area contributed by atoms with Crippen LogP contribution in [0.25, 0.3) is 0 Å². The Labute approximate surface area is 126 Å². The van der Waals surface area contributed by atoms with Crippen LogP contribution in [0.1, 0.15) is 6.42 Å². The molecule has 0 aromatic heterocycles. The lowest BCUT2D eigenvalue weighted by Crippen LogP contribution is -2.32. The molecule has 7 heteroatoms. The first-order chi connectivity index (χ1) is 10.5. The van der Waals surface area contributed by atoms with Gasteiger partial charge >= 0.3 is 6.09 Å². The molecule has 0 spiro atoms. The number of primary amides is 1. The van der Waals surface area contributed by atoms with Gasteiger partial charge in [-0.2, -0.15) is 0 Å². The third kappa shape index (κ3) is 2.65. The van der Waals surface area contributed by atoms with Crippen molar-refractivity contribution in [3.8, 4) is 0 Å². The molecule has 2 aliphatic heterocycles. The third-order valence-corrected chi connectivity index (χ3v) is 3.66. The topological polar surface area (TPSA) is 92.9 Å². The van der Waals surface area contributed by atoms with Gasteiger partial charge in [-0.15, -0.1) is 0 Å². The number of hydrogen-bond donors (Lipinski definition) is 1. The Morgan fingerprint density at radius 1 is 1.18 bits per heavy atom. The Morgan fingerprint density at radius 2 is 1.86 bits per heavy atom. The van der Waals surface area contributed by atoms with Crippen LogP contribution in [0.3, 0.4) is 0 Å². The molecule has 2 amide bonds. The lowest BCUT2D eigenvalue weighted by atomic mass is 10.1. The molecular weight excluding hydrogens is 286 g/mol. The van der Waals surface area contributed by atoms with E-state index in [0.717, 1.165) is 5.69 Å². The summed E-state index contributed by atoms with van der Waals surface area (Å²) >= 11 is 0. The first-order valence-corrected chi connectivity index (χ1v) is 6.90. The molecule has 1 aromatic rings. The summed E-state index contributed by atoms with van der Waals surface area (Å²) in [6.45, 7) is 0.746. The molecule has 1 saturated heterocycles. The van der Waals surface area contributed by atoms with Crippen LogP contribution in [-0.4, -0.2) is 37.0 Å². The monoisotopic (exact) mass is 301 g/mol. The van der Waals surface area contributed by atoms with E-state index < -0.39 is 18.1 Å². The minimum absolute atomic E-state index is 0.116. The Balaban J connectivity index is 1.75. The normalized spacial score (nSPS) is 21.2. The fraction of sp³-hybridized carbons (Fsp3) is 0.267. The summed E-state index contributed by atoms with van der Waals surface area (Å²) in [7, 11) is 0. The number of allylic oxidation sites excluding steroid dienone is 1. The van der Waals surface area contributed by atoms with Crippen molar-refractivity contribution in [2.45, 2.75) is 12.5 Å². The maximum Gasteiger partial charge on any atom is 0.415 e. The number of carbonyl (C=O) groups excluding carboxylic acids is 3. The fourth-order valence-corrected chi connectivity index (χ4v) is 2.42. The van der Waals surface area contributed by atoms with Crippen LogP contribution in [0, 0.1) is 0 Å². The quantitative estimate of drug-likeness (QED) is 0.891. The SMILES string of the molecule is NC(=O)C1CN(c2ccc(N3C=CC(=O)CC3)cc2)C(=O)O1. The highest BCUT2D eigenvalue weighted by Gasteiger charge is 2.35. The van der Waals surface area contributed by atoms with Crippen molar-refractivity contribution in [2.75, 3.05) is 22.9 Å². The van der Waals surface area contributed by atoms with E-state index in [1.165, 1.54) is 4.90 Å². The Hall–Kier alpha value is -2.83. The van der Waals surface area contributed by atoms with Gasteiger partial charge in [0.2, 0.25) is 0 Å². The lowest BCUT2D eigenvalue weighted by Gasteiger charge is -2.23. The maximum atomic E-state index is 11.7. The van der Waals surface area contributed by atoms with Crippen molar-refractivity contribution in [1.82, 2.24) is 0 Å². The number of nitrogens with zero attached hydrogens (tertiary/aromatic N) is 2. The summed E-state index contributed by atoms with van der Waals surface area (Å²) in [5.41, 5.74) is 6.71. The van der Waals surface area contributed by atoms with Gasteiger partial charge in [-0.1, -0.05) is 0 Å². The predicted molar refractivity (Wildman–Crippen MR) is 79.4 cm³/mol. The summed E-state index contributed by atoms with van der Waals surface area (Å²) in [6.07, 6.45) is 2.28. The van der Waals surface area contributed by atoms with Crippen LogP contribution < -0.4 is 15.5 Å². The van der Waals surface area contributed by atoms with E-state index in [4.69, 9.17) is 10.5 Å². The Morgan fingerprint density at radius 3 is 2.41 bits per heavy atom. The maximum absolute atomic E-state index is 11.7. The second kappa shape index (κ2) is 5.51. The van der Waals surface area contributed by atoms with Crippen LogP contribution in [0.15, 0.2) is 36.5 Å². The summed E-state index contributed by atoms with van der Waals surface area (Å²) < 4.78 is 4.90. The summed E-state index contributed by atoms with van der Waals surface area (Å²) in [6, 6.07) is 7.23. The second-order valence-corrected chi connectivity index (χ2v) is 5.13. The van der Waals surface area contributed by atoms with E-state index in [1.54, 1.807) is 24.4 Å². The lowest BCUT2D eigenvalue weighted by molar-refractivity contribution is -0.124. The van der Waals surface area contributed by atoms with Gasteiger partial charge in [0, 0.05) is 30.5 Å². The highest BCUT2D eigenvalue weighted by atomic mass is 16.6. The molecule has 0 aliphatic carbocycles. The average molecular weight is 301 g/mol. The molecule has 1 aromatic carbocycles. The summed E-state index contributed by atoms with van der Waals surface area (Å²) in [4.78, 5) is 37.3. The summed E-state index contributed by atoms with van der Waals surface area (Å²) in [5.74, 6) is -0.541. The molecule has 7 nitrogen and oxygen atoms in total. The highest BCUT2D eigenvalue weighted by molar-refractivity contribution is 5.95. The van der Waals surface area contributed by atoms with E-state index in [9.17, 15) is 14.4 Å². The van der Waals surface area contributed by atoms with E-state index >= 15 is 0 Å². The Bertz CT molecular complexity index is 653. The number of cyclic esters (lactones) is 1. The summed E-state index contributed by atoms with van der Waals surface area (Å²) in [5, 5.41) is 0. The number of carbonyl (C=O) groups is 3. The molecule has 2 N–H and O–H groups in total. The number of benzene rings is 1. The largest absolute Gasteiger partial charge is 0.434 e. The van der Waals surface area contributed by atoms with Gasteiger partial charge < -0.3 is 15.4 Å². The molecule has 0 radical (unpaired) electrons. The molecule has 0 saturated carbocycles. The predicted octanol–water partition coefficient (Wildman–Crippen LogP) is 0.790. The van der Waals surface area contributed by atoms with Gasteiger partial charge in [0.1, 0.15) is 0 Å². The number of nitrogens with two attached hydrogens (primary N) is 1. The molecule has 0 bridgehead atoms. The molecule has 22 heavy (non-hydrogen) atoms. The van der Waals surface area contributed by atoms with Crippen molar-refractivity contribution in [3.05, 3.63) is 36.5 Å². The molecule has 1 unspecified atom stereocenters. The van der Waals surface area contributed by atoms with Crippen molar-refractivity contribution in [3.63, 3.8) is 0 Å². The number of ketones is 1. The van der Waals surface area contributed by atoms with E-state index in [0.29, 0.717) is 18.7 Å². The van der Waals surface area contributed by atoms with Gasteiger partial charge in [-0.25, -0.2) is 4.79 Å². The molecular formula is C15H15N3O4. The van der Waals surface area contributed by atoms with E-state index in [2.05, 4.69) is 0 Å². The van der Waals surface area contributed by atoms with Crippen LogP contribution in [0.5, 0.6) is 0 Å². The highest BCUT2D eigenvalue weighted by Crippen LogP contribution is 2.25. The van der Waals surface area contributed by atoms with Gasteiger partial charge in [-0.3, -0.25) is 14.5 Å². The van der Waals surface area contributed by atoms with E-state index in [-0.39, 0.29) is 12.3 Å². The zero-order chi connectivity index (χ0) is 15.7. The van der Waals surface area contributed by atoms with Crippen molar-refractivity contribution in [2.24, 2.45) is 5.73 Å². The van der Waals surface area contributed by atoms with Crippen molar-refractivity contribution in [1.29, 1.82) is 0 Å². The molecule has 3 rings (SSSR count). The average Bonchev–Trinajstić information content (AvgIpc) is 2.91. The molecule has 2 aliphatic rings. The standard InChI is InChI=1S/C15H15N3O4/c16-14(20)13-9-18(15(21)22-13)11-3-1-10(2-4-11)17-7-5-12(19)6-8-17/h1-5,7,13H,6,8-9H2,(H2,16,20).